The monoisotopic (exact) mass is 256 g/mol. The Morgan fingerprint density at radius 3 is 2.63 bits per heavy atom. The van der Waals surface area contributed by atoms with Gasteiger partial charge in [0, 0.05) is 18.4 Å². The molecule has 0 saturated heterocycles. The van der Waals surface area contributed by atoms with E-state index in [9.17, 15) is 4.79 Å². The van der Waals surface area contributed by atoms with Gasteiger partial charge in [0.25, 0.3) is 5.91 Å². The van der Waals surface area contributed by atoms with Crippen LogP contribution in [0.25, 0.3) is 0 Å². The maximum absolute atomic E-state index is 11.2. The molecule has 1 amide bonds. The van der Waals surface area contributed by atoms with Gasteiger partial charge in [-0.3, -0.25) is 4.79 Å². The number of benzene rings is 1. The average molecular weight is 256 g/mol. The molecule has 5 heteroatoms. The largest absolute Gasteiger partial charge is 0.399 e. The van der Waals surface area contributed by atoms with Gasteiger partial charge >= 0.3 is 0 Å². The SMILES string of the molecule is NC(=O)c1cccnc1NCCc1ccc(N)cc1. The summed E-state index contributed by atoms with van der Waals surface area (Å²) >= 11 is 0. The molecule has 0 aliphatic heterocycles. The quantitative estimate of drug-likeness (QED) is 0.705. The van der Waals surface area contributed by atoms with E-state index in [0.717, 1.165) is 12.1 Å². The van der Waals surface area contributed by atoms with Gasteiger partial charge in [0.05, 0.1) is 5.56 Å². The molecule has 19 heavy (non-hydrogen) atoms. The van der Waals surface area contributed by atoms with Gasteiger partial charge in [0.1, 0.15) is 5.82 Å². The zero-order chi connectivity index (χ0) is 13.7. The molecule has 5 nitrogen and oxygen atoms in total. The van der Waals surface area contributed by atoms with Crippen LogP contribution in [-0.4, -0.2) is 17.4 Å². The van der Waals surface area contributed by atoms with Gasteiger partial charge < -0.3 is 16.8 Å². The van der Waals surface area contributed by atoms with Crippen LogP contribution >= 0.6 is 0 Å². The molecular formula is C14H16N4O. The maximum atomic E-state index is 11.2. The Bertz CT molecular complexity index is 566. The third kappa shape index (κ3) is 3.45. The molecule has 0 aliphatic carbocycles. The van der Waals surface area contributed by atoms with Gasteiger partial charge in [-0.1, -0.05) is 12.1 Å². The van der Waals surface area contributed by atoms with Gasteiger partial charge in [-0.15, -0.1) is 0 Å². The minimum atomic E-state index is -0.483. The van der Waals surface area contributed by atoms with E-state index in [1.165, 1.54) is 5.56 Å². The van der Waals surface area contributed by atoms with Crippen LogP contribution in [0.5, 0.6) is 0 Å². The number of rotatable bonds is 5. The van der Waals surface area contributed by atoms with Crippen LogP contribution in [0.2, 0.25) is 0 Å². The van der Waals surface area contributed by atoms with E-state index in [0.29, 0.717) is 17.9 Å². The van der Waals surface area contributed by atoms with E-state index in [-0.39, 0.29) is 0 Å². The predicted molar refractivity (Wildman–Crippen MR) is 75.8 cm³/mol. The fraction of sp³-hybridized carbons (Fsp3) is 0.143. The van der Waals surface area contributed by atoms with Crippen molar-refractivity contribution in [1.82, 2.24) is 4.98 Å². The maximum Gasteiger partial charge on any atom is 0.252 e. The van der Waals surface area contributed by atoms with Crippen LogP contribution in [0.1, 0.15) is 15.9 Å². The predicted octanol–water partition coefficient (Wildman–Crippen LogP) is 1.42. The van der Waals surface area contributed by atoms with E-state index in [4.69, 9.17) is 11.5 Å². The molecule has 0 saturated carbocycles. The van der Waals surface area contributed by atoms with Crippen molar-refractivity contribution < 1.29 is 4.79 Å². The Kier molecular flexibility index (Phi) is 3.97. The number of hydrogen-bond acceptors (Lipinski definition) is 4. The summed E-state index contributed by atoms with van der Waals surface area (Å²) in [6.45, 7) is 0.668. The molecule has 0 fully saturated rings. The minimum absolute atomic E-state index is 0.403. The second kappa shape index (κ2) is 5.86. The van der Waals surface area contributed by atoms with Crippen LogP contribution in [0.3, 0.4) is 0 Å². The van der Waals surface area contributed by atoms with Gasteiger partial charge in [0.15, 0.2) is 0 Å². The number of aromatic nitrogens is 1. The summed E-state index contributed by atoms with van der Waals surface area (Å²) in [6.07, 6.45) is 2.44. The highest BCUT2D eigenvalue weighted by Gasteiger charge is 2.07. The number of nitrogen functional groups attached to an aromatic ring is 1. The highest BCUT2D eigenvalue weighted by atomic mass is 16.1. The van der Waals surface area contributed by atoms with Gasteiger partial charge in [-0.25, -0.2) is 4.98 Å². The molecular weight excluding hydrogens is 240 g/mol. The third-order valence-electron chi connectivity index (χ3n) is 2.76. The molecule has 0 unspecified atom stereocenters. The second-order valence-corrected chi connectivity index (χ2v) is 4.18. The first-order chi connectivity index (χ1) is 9.16. The fourth-order valence-electron chi connectivity index (χ4n) is 1.75. The first kappa shape index (κ1) is 12.9. The lowest BCUT2D eigenvalue weighted by molar-refractivity contribution is 0.100. The van der Waals surface area contributed by atoms with Crippen molar-refractivity contribution in [2.75, 3.05) is 17.6 Å². The summed E-state index contributed by atoms with van der Waals surface area (Å²) in [6, 6.07) is 11.0. The smallest absolute Gasteiger partial charge is 0.252 e. The van der Waals surface area contributed by atoms with Crippen molar-refractivity contribution in [3.63, 3.8) is 0 Å². The lowest BCUT2D eigenvalue weighted by atomic mass is 10.1. The molecule has 0 bridgehead atoms. The zero-order valence-corrected chi connectivity index (χ0v) is 10.5. The fourth-order valence-corrected chi connectivity index (χ4v) is 1.75. The van der Waals surface area contributed by atoms with Crippen molar-refractivity contribution in [2.24, 2.45) is 5.73 Å². The van der Waals surface area contributed by atoms with Gasteiger partial charge in [0.2, 0.25) is 0 Å². The highest BCUT2D eigenvalue weighted by molar-refractivity contribution is 5.97. The van der Waals surface area contributed by atoms with Crippen LogP contribution in [0.4, 0.5) is 11.5 Å². The molecule has 1 aromatic heterocycles. The first-order valence-corrected chi connectivity index (χ1v) is 6.00. The summed E-state index contributed by atoms with van der Waals surface area (Å²) in [5.41, 5.74) is 13.2. The standard InChI is InChI=1S/C14H16N4O/c15-11-5-3-10(4-6-11)7-9-18-14-12(13(16)19)2-1-8-17-14/h1-6,8H,7,9,15H2,(H2,16,19)(H,17,18). The number of pyridine rings is 1. The number of hydrogen-bond donors (Lipinski definition) is 3. The Balaban J connectivity index is 1.96. The van der Waals surface area contributed by atoms with Crippen LogP contribution in [0.15, 0.2) is 42.6 Å². The normalized spacial score (nSPS) is 10.1. The lowest BCUT2D eigenvalue weighted by Crippen LogP contribution is -2.16. The number of carbonyl (C=O) groups excluding carboxylic acids is 1. The molecule has 0 spiro atoms. The van der Waals surface area contributed by atoms with Gasteiger partial charge in [-0.2, -0.15) is 0 Å². The molecule has 0 atom stereocenters. The number of nitrogens with one attached hydrogen (secondary N) is 1. The molecule has 2 rings (SSSR count). The first-order valence-electron chi connectivity index (χ1n) is 6.00. The highest BCUT2D eigenvalue weighted by Crippen LogP contribution is 2.11. The van der Waals surface area contributed by atoms with Crippen molar-refractivity contribution >= 4 is 17.4 Å². The van der Waals surface area contributed by atoms with Crippen LogP contribution in [0, 0.1) is 0 Å². The Labute approximate surface area is 111 Å². The van der Waals surface area contributed by atoms with E-state index in [1.807, 2.05) is 24.3 Å². The number of carbonyl (C=O) groups is 1. The number of amides is 1. The van der Waals surface area contributed by atoms with Crippen molar-refractivity contribution in [3.05, 3.63) is 53.7 Å². The molecule has 0 aliphatic rings. The Morgan fingerprint density at radius 2 is 1.95 bits per heavy atom. The van der Waals surface area contributed by atoms with Crippen molar-refractivity contribution in [1.29, 1.82) is 0 Å². The van der Waals surface area contributed by atoms with E-state index in [2.05, 4.69) is 10.3 Å². The van der Waals surface area contributed by atoms with Crippen LogP contribution in [-0.2, 0) is 6.42 Å². The lowest BCUT2D eigenvalue weighted by Gasteiger charge is -2.08. The zero-order valence-electron chi connectivity index (χ0n) is 10.5. The van der Waals surface area contributed by atoms with Gasteiger partial charge in [-0.05, 0) is 36.2 Å². The Hall–Kier alpha value is -2.56. The number of nitrogens with two attached hydrogens (primary N) is 2. The second-order valence-electron chi connectivity index (χ2n) is 4.18. The van der Waals surface area contributed by atoms with Crippen LogP contribution < -0.4 is 16.8 Å². The molecule has 1 aromatic carbocycles. The molecule has 1 heterocycles. The number of primary amides is 1. The Morgan fingerprint density at radius 1 is 1.21 bits per heavy atom. The summed E-state index contributed by atoms with van der Waals surface area (Å²) in [7, 11) is 0. The van der Waals surface area contributed by atoms with Crippen molar-refractivity contribution in [3.8, 4) is 0 Å². The van der Waals surface area contributed by atoms with E-state index < -0.39 is 5.91 Å². The summed E-state index contributed by atoms with van der Waals surface area (Å²) in [5, 5.41) is 3.11. The van der Waals surface area contributed by atoms with E-state index >= 15 is 0 Å². The molecule has 5 N–H and O–H groups in total. The molecule has 2 aromatic rings. The summed E-state index contributed by atoms with van der Waals surface area (Å²) in [5.74, 6) is 0.0357. The molecule has 0 radical (unpaired) electrons. The number of anilines is 2. The number of nitrogens with zero attached hydrogens (tertiary/aromatic N) is 1. The third-order valence-corrected chi connectivity index (χ3v) is 2.76. The van der Waals surface area contributed by atoms with Crippen molar-refractivity contribution in [2.45, 2.75) is 6.42 Å². The topological polar surface area (TPSA) is 94.0 Å². The van der Waals surface area contributed by atoms with E-state index in [1.54, 1.807) is 18.3 Å². The summed E-state index contributed by atoms with van der Waals surface area (Å²) < 4.78 is 0. The minimum Gasteiger partial charge on any atom is -0.399 e. The molecule has 98 valence electrons. The average Bonchev–Trinajstić information content (AvgIpc) is 2.41. The summed E-state index contributed by atoms with van der Waals surface area (Å²) in [4.78, 5) is 15.3.